The van der Waals surface area contributed by atoms with Gasteiger partial charge in [-0.25, -0.2) is 4.98 Å². The van der Waals surface area contributed by atoms with Gasteiger partial charge in [0.1, 0.15) is 11.6 Å². The zero-order valence-electron chi connectivity index (χ0n) is 17.6. The Morgan fingerprint density at radius 2 is 1.73 bits per heavy atom. The van der Waals surface area contributed by atoms with Crippen molar-refractivity contribution in [3.63, 3.8) is 0 Å². The molecule has 4 heteroatoms. The summed E-state index contributed by atoms with van der Waals surface area (Å²) in [4.78, 5) is 18.4. The Hall–Kier alpha value is -3.40. The number of benzene rings is 3. The standard InChI is InChI=1S/C26H26N2O2/c1-4-18(3)19-13-15-21(16-14-19)28-25(20-9-8-10-22(17-20)30-5-2)27-24-12-7-6-11-23(24)26(28)29/h6-18H,4-5H2,1-3H3/t18-/m0/s1. The Labute approximate surface area is 176 Å². The minimum Gasteiger partial charge on any atom is -0.494 e. The highest BCUT2D eigenvalue weighted by molar-refractivity contribution is 5.80. The van der Waals surface area contributed by atoms with E-state index in [1.807, 2.05) is 67.6 Å². The zero-order chi connectivity index (χ0) is 21.1. The molecular formula is C26H26N2O2. The van der Waals surface area contributed by atoms with Crippen molar-refractivity contribution in [1.29, 1.82) is 0 Å². The third-order valence-electron chi connectivity index (χ3n) is 5.51. The molecule has 0 spiro atoms. The second kappa shape index (κ2) is 8.54. The molecule has 1 heterocycles. The van der Waals surface area contributed by atoms with E-state index in [-0.39, 0.29) is 5.56 Å². The molecule has 0 unspecified atom stereocenters. The summed E-state index contributed by atoms with van der Waals surface area (Å²) in [5.74, 6) is 1.85. The quantitative estimate of drug-likeness (QED) is 0.402. The van der Waals surface area contributed by atoms with Crippen molar-refractivity contribution < 1.29 is 4.74 Å². The van der Waals surface area contributed by atoms with Crippen LogP contribution in [0.15, 0.2) is 77.6 Å². The Morgan fingerprint density at radius 1 is 0.967 bits per heavy atom. The number of rotatable bonds is 6. The fourth-order valence-corrected chi connectivity index (χ4v) is 3.65. The Bertz CT molecular complexity index is 1230. The lowest BCUT2D eigenvalue weighted by Crippen LogP contribution is -2.22. The molecule has 0 radical (unpaired) electrons. The molecule has 30 heavy (non-hydrogen) atoms. The number of fused-ring (bicyclic) bond motifs is 1. The fourth-order valence-electron chi connectivity index (χ4n) is 3.65. The van der Waals surface area contributed by atoms with Gasteiger partial charge in [-0.05, 0) is 61.2 Å². The summed E-state index contributed by atoms with van der Waals surface area (Å²) in [6.07, 6.45) is 1.08. The highest BCUT2D eigenvalue weighted by Gasteiger charge is 2.15. The van der Waals surface area contributed by atoms with Gasteiger partial charge in [0.15, 0.2) is 0 Å². The Kier molecular flexibility index (Phi) is 5.66. The summed E-state index contributed by atoms with van der Waals surface area (Å²) in [7, 11) is 0. The molecule has 0 aliphatic carbocycles. The lowest BCUT2D eigenvalue weighted by molar-refractivity contribution is 0.340. The average molecular weight is 399 g/mol. The molecule has 4 nitrogen and oxygen atoms in total. The number of nitrogens with zero attached hydrogens (tertiary/aromatic N) is 2. The van der Waals surface area contributed by atoms with Gasteiger partial charge in [-0.3, -0.25) is 9.36 Å². The van der Waals surface area contributed by atoms with Crippen molar-refractivity contribution in [2.24, 2.45) is 0 Å². The third-order valence-corrected chi connectivity index (χ3v) is 5.51. The highest BCUT2D eigenvalue weighted by Crippen LogP contribution is 2.27. The predicted octanol–water partition coefficient (Wildman–Crippen LogP) is 5.96. The molecule has 3 aromatic carbocycles. The Morgan fingerprint density at radius 3 is 2.47 bits per heavy atom. The molecule has 4 rings (SSSR count). The van der Waals surface area contributed by atoms with Gasteiger partial charge in [0.05, 0.1) is 23.2 Å². The molecule has 0 saturated heterocycles. The summed E-state index contributed by atoms with van der Waals surface area (Å²) in [6, 6.07) is 23.4. The molecule has 152 valence electrons. The fraction of sp³-hybridized carbons (Fsp3) is 0.231. The molecule has 0 fully saturated rings. The largest absolute Gasteiger partial charge is 0.494 e. The van der Waals surface area contributed by atoms with Crippen molar-refractivity contribution in [2.75, 3.05) is 6.61 Å². The number of ether oxygens (including phenoxy) is 1. The van der Waals surface area contributed by atoms with E-state index < -0.39 is 0 Å². The average Bonchev–Trinajstić information content (AvgIpc) is 2.79. The van der Waals surface area contributed by atoms with Crippen LogP contribution in [0, 0.1) is 0 Å². The van der Waals surface area contributed by atoms with E-state index in [4.69, 9.17) is 9.72 Å². The first kappa shape index (κ1) is 19.9. The lowest BCUT2D eigenvalue weighted by atomic mass is 9.98. The van der Waals surface area contributed by atoms with Gasteiger partial charge in [0.2, 0.25) is 0 Å². The van der Waals surface area contributed by atoms with Crippen LogP contribution in [0.4, 0.5) is 0 Å². The number of para-hydroxylation sites is 1. The van der Waals surface area contributed by atoms with E-state index in [2.05, 4.69) is 26.0 Å². The summed E-state index contributed by atoms with van der Waals surface area (Å²) in [5, 5.41) is 0.605. The molecule has 1 aromatic heterocycles. The highest BCUT2D eigenvalue weighted by atomic mass is 16.5. The van der Waals surface area contributed by atoms with Crippen LogP contribution in [-0.4, -0.2) is 16.2 Å². The van der Waals surface area contributed by atoms with Crippen molar-refractivity contribution in [3.05, 3.63) is 88.7 Å². The van der Waals surface area contributed by atoms with Crippen LogP contribution in [0.25, 0.3) is 28.0 Å². The smallest absolute Gasteiger partial charge is 0.266 e. The predicted molar refractivity (Wildman–Crippen MR) is 123 cm³/mol. The molecule has 0 saturated carbocycles. The van der Waals surface area contributed by atoms with Crippen molar-refractivity contribution in [1.82, 2.24) is 9.55 Å². The van der Waals surface area contributed by atoms with Gasteiger partial charge in [0, 0.05) is 5.56 Å². The minimum atomic E-state index is -0.0753. The van der Waals surface area contributed by atoms with E-state index >= 15 is 0 Å². The molecule has 0 amide bonds. The maximum atomic E-state index is 13.5. The lowest BCUT2D eigenvalue weighted by Gasteiger charge is -2.16. The van der Waals surface area contributed by atoms with Gasteiger partial charge in [-0.2, -0.15) is 0 Å². The maximum absolute atomic E-state index is 13.5. The van der Waals surface area contributed by atoms with Gasteiger partial charge in [-0.15, -0.1) is 0 Å². The summed E-state index contributed by atoms with van der Waals surface area (Å²) in [5.41, 5.74) is 3.53. The first-order valence-electron chi connectivity index (χ1n) is 10.5. The van der Waals surface area contributed by atoms with Crippen LogP contribution in [0.1, 0.15) is 38.7 Å². The molecule has 0 bridgehead atoms. The van der Waals surface area contributed by atoms with Gasteiger partial charge >= 0.3 is 0 Å². The zero-order valence-corrected chi connectivity index (χ0v) is 17.6. The molecule has 4 aromatic rings. The van der Waals surface area contributed by atoms with Crippen LogP contribution in [0.3, 0.4) is 0 Å². The van der Waals surface area contributed by atoms with Crippen molar-refractivity contribution in [3.8, 4) is 22.8 Å². The SMILES string of the molecule is CCOc1cccc(-c2nc3ccccc3c(=O)n2-c2ccc([C@@H](C)CC)cc2)c1. The van der Waals surface area contributed by atoms with E-state index in [0.717, 1.165) is 23.4 Å². The second-order valence-corrected chi connectivity index (χ2v) is 7.45. The van der Waals surface area contributed by atoms with Crippen LogP contribution in [-0.2, 0) is 0 Å². The second-order valence-electron chi connectivity index (χ2n) is 7.45. The monoisotopic (exact) mass is 398 g/mol. The van der Waals surface area contributed by atoms with Crippen LogP contribution < -0.4 is 10.3 Å². The maximum Gasteiger partial charge on any atom is 0.266 e. The normalized spacial score (nSPS) is 12.1. The third kappa shape index (κ3) is 3.73. The van der Waals surface area contributed by atoms with E-state index in [9.17, 15) is 4.79 Å². The topological polar surface area (TPSA) is 44.1 Å². The first-order chi connectivity index (χ1) is 14.6. The molecule has 0 N–H and O–H groups in total. The molecule has 1 atom stereocenters. The molecular weight excluding hydrogens is 372 g/mol. The first-order valence-corrected chi connectivity index (χ1v) is 10.5. The van der Waals surface area contributed by atoms with E-state index in [0.29, 0.717) is 29.3 Å². The van der Waals surface area contributed by atoms with Crippen LogP contribution in [0.5, 0.6) is 5.75 Å². The number of aromatic nitrogens is 2. The van der Waals surface area contributed by atoms with Crippen LogP contribution in [0.2, 0.25) is 0 Å². The molecule has 0 aliphatic rings. The van der Waals surface area contributed by atoms with Gasteiger partial charge < -0.3 is 4.74 Å². The summed E-state index contributed by atoms with van der Waals surface area (Å²) < 4.78 is 7.37. The van der Waals surface area contributed by atoms with Crippen LogP contribution >= 0.6 is 0 Å². The van der Waals surface area contributed by atoms with E-state index in [1.54, 1.807) is 4.57 Å². The number of hydrogen-bond donors (Lipinski definition) is 0. The minimum absolute atomic E-state index is 0.0753. The molecule has 0 aliphatic heterocycles. The summed E-state index contributed by atoms with van der Waals surface area (Å²) >= 11 is 0. The van der Waals surface area contributed by atoms with E-state index in [1.165, 1.54) is 5.56 Å². The Balaban J connectivity index is 1.95. The van der Waals surface area contributed by atoms with Gasteiger partial charge in [0.25, 0.3) is 5.56 Å². The number of hydrogen-bond acceptors (Lipinski definition) is 3. The van der Waals surface area contributed by atoms with Crippen molar-refractivity contribution in [2.45, 2.75) is 33.1 Å². The summed E-state index contributed by atoms with van der Waals surface area (Å²) in [6.45, 7) is 6.93. The van der Waals surface area contributed by atoms with Gasteiger partial charge in [-0.1, -0.05) is 50.2 Å². The van der Waals surface area contributed by atoms with Crippen molar-refractivity contribution >= 4 is 10.9 Å².